The van der Waals surface area contributed by atoms with Crippen LogP contribution in [0.4, 0.5) is 0 Å². The summed E-state index contributed by atoms with van der Waals surface area (Å²) in [6, 6.07) is 0.361. The third kappa shape index (κ3) is 8.57. The number of rotatable bonds is 8. The lowest BCUT2D eigenvalue weighted by molar-refractivity contribution is -0.127. The molecule has 1 amide bonds. The topological polar surface area (TPSA) is 51.2 Å². The third-order valence-electron chi connectivity index (χ3n) is 4.85. The van der Waals surface area contributed by atoms with Gasteiger partial charge in [0.05, 0.1) is 0 Å². The number of hydrogen-bond acceptors (Lipinski definition) is 3. The summed E-state index contributed by atoms with van der Waals surface area (Å²) < 4.78 is 0. The van der Waals surface area contributed by atoms with E-state index in [2.05, 4.69) is 47.8 Å². The van der Waals surface area contributed by atoms with E-state index in [1.54, 1.807) is 19.0 Å². The summed E-state index contributed by atoms with van der Waals surface area (Å²) >= 11 is 0. The number of guanidine groups is 1. The van der Waals surface area contributed by atoms with Crippen LogP contribution in [0, 0.1) is 5.92 Å². The van der Waals surface area contributed by atoms with Gasteiger partial charge in [-0.3, -0.25) is 4.79 Å². The van der Waals surface area contributed by atoms with Gasteiger partial charge in [0.25, 0.3) is 0 Å². The predicted molar refractivity (Wildman–Crippen MR) is 117 cm³/mol. The second kappa shape index (κ2) is 12.7. The molecule has 0 radical (unpaired) electrons. The summed E-state index contributed by atoms with van der Waals surface area (Å²) in [6.07, 6.45) is 2.23. The van der Waals surface area contributed by atoms with E-state index in [1.165, 1.54) is 6.42 Å². The molecule has 1 N–H and O–H groups in total. The van der Waals surface area contributed by atoms with E-state index < -0.39 is 0 Å². The molecule has 25 heavy (non-hydrogen) atoms. The minimum atomic E-state index is 0. The highest BCUT2D eigenvalue weighted by atomic mass is 127. The number of likely N-dealkylation sites (tertiary alicyclic amines) is 1. The third-order valence-corrected chi connectivity index (χ3v) is 4.85. The summed E-state index contributed by atoms with van der Waals surface area (Å²) in [6.45, 7) is 14.4. The van der Waals surface area contributed by atoms with Crippen LogP contribution >= 0.6 is 24.0 Å². The van der Waals surface area contributed by atoms with Gasteiger partial charge < -0.3 is 20.0 Å². The van der Waals surface area contributed by atoms with Gasteiger partial charge in [0, 0.05) is 39.8 Å². The summed E-state index contributed by atoms with van der Waals surface area (Å²) in [5.41, 5.74) is 0. The SMILES string of the molecule is CCC(C)NC(=NCC(=O)N(C)C)N1CCC(CN(CC)CC)C1.I. The summed E-state index contributed by atoms with van der Waals surface area (Å²) in [5, 5.41) is 3.50. The molecule has 0 bridgehead atoms. The van der Waals surface area contributed by atoms with Crippen molar-refractivity contribution in [2.24, 2.45) is 10.9 Å². The molecule has 1 fully saturated rings. The number of likely N-dealkylation sites (N-methyl/N-ethyl adjacent to an activating group) is 1. The van der Waals surface area contributed by atoms with Gasteiger partial charge in [-0.05, 0) is 38.8 Å². The molecule has 0 saturated carbocycles. The number of carbonyl (C=O) groups excluding carboxylic acids is 1. The fourth-order valence-corrected chi connectivity index (χ4v) is 2.86. The molecule has 6 nitrogen and oxygen atoms in total. The molecular formula is C18H38IN5O. The molecule has 2 unspecified atom stereocenters. The molecule has 1 aliphatic rings. The van der Waals surface area contributed by atoms with Crippen LogP contribution in [0.15, 0.2) is 4.99 Å². The molecule has 0 aromatic rings. The van der Waals surface area contributed by atoms with E-state index in [9.17, 15) is 4.79 Å². The van der Waals surface area contributed by atoms with Crippen molar-refractivity contribution in [3.63, 3.8) is 0 Å². The zero-order chi connectivity index (χ0) is 18.1. The van der Waals surface area contributed by atoms with Gasteiger partial charge >= 0.3 is 0 Å². The zero-order valence-corrected chi connectivity index (χ0v) is 19.2. The first kappa shape index (κ1) is 24.4. The van der Waals surface area contributed by atoms with Crippen LogP contribution in [0.25, 0.3) is 0 Å². The van der Waals surface area contributed by atoms with Crippen molar-refractivity contribution in [3.8, 4) is 0 Å². The average molecular weight is 467 g/mol. The van der Waals surface area contributed by atoms with Crippen molar-refractivity contribution in [2.75, 3.05) is 53.4 Å². The predicted octanol–water partition coefficient (Wildman–Crippen LogP) is 2.10. The Hall–Kier alpha value is -0.570. The number of nitrogens with zero attached hydrogens (tertiary/aromatic N) is 4. The molecule has 2 atom stereocenters. The van der Waals surface area contributed by atoms with Gasteiger partial charge in [-0.25, -0.2) is 4.99 Å². The second-order valence-electron chi connectivity index (χ2n) is 6.97. The van der Waals surface area contributed by atoms with Gasteiger partial charge in [0.15, 0.2) is 5.96 Å². The maximum Gasteiger partial charge on any atom is 0.243 e. The fourth-order valence-electron chi connectivity index (χ4n) is 2.86. The standard InChI is InChI=1S/C18H37N5O.HI/c1-7-15(4)20-18(19-12-17(24)21(5)6)23-11-10-16(14-23)13-22(8-2)9-3;/h15-16H,7-14H2,1-6H3,(H,19,20);1H. The van der Waals surface area contributed by atoms with Crippen LogP contribution in [0.3, 0.4) is 0 Å². The minimum Gasteiger partial charge on any atom is -0.354 e. The van der Waals surface area contributed by atoms with E-state index in [1.807, 2.05) is 0 Å². The molecule has 0 spiro atoms. The van der Waals surface area contributed by atoms with Gasteiger partial charge in [0.2, 0.25) is 5.91 Å². The Bertz CT molecular complexity index is 412. The van der Waals surface area contributed by atoms with E-state index >= 15 is 0 Å². The Kier molecular flexibility index (Phi) is 12.4. The number of carbonyl (C=O) groups is 1. The summed E-state index contributed by atoms with van der Waals surface area (Å²) in [7, 11) is 3.55. The van der Waals surface area contributed by atoms with Crippen LogP contribution in [0.5, 0.6) is 0 Å². The van der Waals surface area contributed by atoms with Crippen LogP contribution in [-0.4, -0.2) is 86.0 Å². The first-order valence-corrected chi connectivity index (χ1v) is 9.39. The van der Waals surface area contributed by atoms with Crippen molar-refractivity contribution < 1.29 is 4.79 Å². The number of aliphatic imine (C=N–C) groups is 1. The van der Waals surface area contributed by atoms with E-state index in [-0.39, 0.29) is 36.4 Å². The molecule has 148 valence electrons. The van der Waals surface area contributed by atoms with Crippen molar-refractivity contribution in [1.82, 2.24) is 20.0 Å². The highest BCUT2D eigenvalue weighted by molar-refractivity contribution is 14.0. The number of hydrogen-bond donors (Lipinski definition) is 1. The maximum absolute atomic E-state index is 11.9. The lowest BCUT2D eigenvalue weighted by Crippen LogP contribution is -2.45. The quantitative estimate of drug-likeness (QED) is 0.338. The fraction of sp³-hybridized carbons (Fsp3) is 0.889. The van der Waals surface area contributed by atoms with Gasteiger partial charge in [0.1, 0.15) is 6.54 Å². The second-order valence-corrected chi connectivity index (χ2v) is 6.97. The van der Waals surface area contributed by atoms with Crippen molar-refractivity contribution in [2.45, 2.75) is 46.6 Å². The molecule has 0 aromatic heterocycles. The van der Waals surface area contributed by atoms with Crippen LogP contribution in [0.2, 0.25) is 0 Å². The van der Waals surface area contributed by atoms with Crippen LogP contribution in [0.1, 0.15) is 40.5 Å². The van der Waals surface area contributed by atoms with Gasteiger partial charge in [-0.15, -0.1) is 24.0 Å². The average Bonchev–Trinajstić information content (AvgIpc) is 3.03. The van der Waals surface area contributed by atoms with E-state index in [4.69, 9.17) is 0 Å². The largest absolute Gasteiger partial charge is 0.354 e. The Morgan fingerprint density at radius 2 is 1.92 bits per heavy atom. The Morgan fingerprint density at radius 3 is 2.44 bits per heavy atom. The lowest BCUT2D eigenvalue weighted by atomic mass is 10.1. The van der Waals surface area contributed by atoms with Crippen LogP contribution < -0.4 is 5.32 Å². The highest BCUT2D eigenvalue weighted by Gasteiger charge is 2.26. The van der Waals surface area contributed by atoms with Crippen molar-refractivity contribution in [1.29, 1.82) is 0 Å². The Balaban J connectivity index is 0.00000576. The molecule has 1 aliphatic heterocycles. The molecule has 0 aliphatic carbocycles. The Labute approximate surface area is 171 Å². The normalized spacial score (nSPS) is 18.9. The highest BCUT2D eigenvalue weighted by Crippen LogP contribution is 2.18. The summed E-state index contributed by atoms with van der Waals surface area (Å²) in [5.74, 6) is 1.61. The van der Waals surface area contributed by atoms with Crippen LogP contribution in [-0.2, 0) is 4.79 Å². The molecule has 0 aromatic carbocycles. The van der Waals surface area contributed by atoms with E-state index in [0.717, 1.165) is 45.1 Å². The number of halogens is 1. The van der Waals surface area contributed by atoms with Crippen molar-refractivity contribution >= 4 is 35.8 Å². The molecular weight excluding hydrogens is 429 g/mol. The number of amides is 1. The lowest BCUT2D eigenvalue weighted by Gasteiger charge is -2.26. The smallest absolute Gasteiger partial charge is 0.243 e. The first-order chi connectivity index (χ1) is 11.4. The molecule has 7 heteroatoms. The number of nitrogens with one attached hydrogen (secondary N) is 1. The van der Waals surface area contributed by atoms with Gasteiger partial charge in [-0.2, -0.15) is 0 Å². The monoisotopic (exact) mass is 467 g/mol. The zero-order valence-electron chi connectivity index (χ0n) is 16.9. The first-order valence-electron chi connectivity index (χ1n) is 9.39. The van der Waals surface area contributed by atoms with Gasteiger partial charge in [-0.1, -0.05) is 20.8 Å². The molecule has 1 rings (SSSR count). The molecule has 1 saturated heterocycles. The maximum atomic E-state index is 11.9. The summed E-state index contributed by atoms with van der Waals surface area (Å²) in [4.78, 5) is 22.9. The minimum absolute atomic E-state index is 0. The van der Waals surface area contributed by atoms with Crippen molar-refractivity contribution in [3.05, 3.63) is 0 Å². The van der Waals surface area contributed by atoms with E-state index in [0.29, 0.717) is 12.0 Å². The Morgan fingerprint density at radius 1 is 1.28 bits per heavy atom. The molecule has 1 heterocycles.